The van der Waals surface area contributed by atoms with E-state index in [0.717, 1.165) is 11.1 Å². The largest absolute Gasteiger partial charge is 0.450 e. The van der Waals surface area contributed by atoms with Gasteiger partial charge in [-0.2, -0.15) is 0 Å². The standard InChI is InChI=1S/C25H21ClN2O4/c1-13-11-19(27-32-13)28-21(14-5-7-15(8-6-14)25(2,3)4)20-22(29)17-12-16(26)9-10-18(17)31-23(20)24(28)30/h5-12,21H,1-4H3/t21-/m1/s1. The summed E-state index contributed by atoms with van der Waals surface area (Å²) in [4.78, 5) is 28.5. The molecule has 4 aromatic rings. The number of carbonyl (C=O) groups excluding carboxylic acids is 1. The van der Waals surface area contributed by atoms with Gasteiger partial charge in [-0.3, -0.25) is 14.5 Å². The number of aromatic nitrogens is 1. The topological polar surface area (TPSA) is 76.6 Å². The molecule has 0 aliphatic carbocycles. The predicted octanol–water partition coefficient (Wildman–Crippen LogP) is 5.79. The summed E-state index contributed by atoms with van der Waals surface area (Å²) in [6.07, 6.45) is 0. The van der Waals surface area contributed by atoms with E-state index < -0.39 is 11.9 Å². The summed E-state index contributed by atoms with van der Waals surface area (Å²) < 4.78 is 11.2. The van der Waals surface area contributed by atoms with Crippen LogP contribution in [-0.2, 0) is 5.41 Å². The molecule has 1 aliphatic heterocycles. The lowest BCUT2D eigenvalue weighted by Crippen LogP contribution is -2.29. The Hall–Kier alpha value is -3.38. The van der Waals surface area contributed by atoms with Gasteiger partial charge in [0.1, 0.15) is 11.3 Å². The average molecular weight is 449 g/mol. The molecule has 0 spiro atoms. The molecule has 0 saturated carbocycles. The summed E-state index contributed by atoms with van der Waals surface area (Å²) in [7, 11) is 0. The second kappa shape index (κ2) is 7.07. The second-order valence-electron chi connectivity index (χ2n) is 9.06. The Morgan fingerprint density at radius 1 is 1.03 bits per heavy atom. The molecule has 0 radical (unpaired) electrons. The van der Waals surface area contributed by atoms with E-state index in [4.69, 9.17) is 20.5 Å². The van der Waals surface area contributed by atoms with Gasteiger partial charge in [0.2, 0.25) is 5.76 Å². The van der Waals surface area contributed by atoms with Crippen LogP contribution in [0.5, 0.6) is 0 Å². The highest BCUT2D eigenvalue weighted by atomic mass is 35.5. The van der Waals surface area contributed by atoms with Gasteiger partial charge < -0.3 is 8.94 Å². The van der Waals surface area contributed by atoms with Crippen molar-refractivity contribution in [3.8, 4) is 0 Å². The van der Waals surface area contributed by atoms with Gasteiger partial charge in [-0.25, -0.2) is 0 Å². The molecule has 1 atom stereocenters. The van der Waals surface area contributed by atoms with E-state index in [0.29, 0.717) is 27.6 Å². The highest BCUT2D eigenvalue weighted by Crippen LogP contribution is 2.41. The van der Waals surface area contributed by atoms with E-state index in [1.807, 2.05) is 24.3 Å². The van der Waals surface area contributed by atoms with Crippen LogP contribution in [0.2, 0.25) is 5.02 Å². The van der Waals surface area contributed by atoms with E-state index in [1.165, 1.54) is 4.90 Å². The summed E-state index contributed by atoms with van der Waals surface area (Å²) in [5.41, 5.74) is 2.19. The predicted molar refractivity (Wildman–Crippen MR) is 123 cm³/mol. The fourth-order valence-electron chi connectivity index (χ4n) is 4.13. The first-order valence-corrected chi connectivity index (χ1v) is 10.7. The smallest absolute Gasteiger partial charge is 0.296 e. The minimum Gasteiger partial charge on any atom is -0.450 e. The molecule has 7 heteroatoms. The lowest BCUT2D eigenvalue weighted by molar-refractivity contribution is 0.0969. The van der Waals surface area contributed by atoms with Crippen LogP contribution in [0.15, 0.2) is 62.3 Å². The van der Waals surface area contributed by atoms with E-state index in [-0.39, 0.29) is 22.2 Å². The van der Waals surface area contributed by atoms with Crippen molar-refractivity contribution in [2.24, 2.45) is 0 Å². The second-order valence-corrected chi connectivity index (χ2v) is 9.50. The van der Waals surface area contributed by atoms with Gasteiger partial charge in [0.15, 0.2) is 11.2 Å². The first kappa shape index (κ1) is 20.5. The maximum atomic E-state index is 13.6. The lowest BCUT2D eigenvalue weighted by atomic mass is 9.86. The van der Waals surface area contributed by atoms with Gasteiger partial charge in [0, 0.05) is 11.1 Å². The van der Waals surface area contributed by atoms with Crippen molar-refractivity contribution in [3.05, 3.63) is 92.0 Å². The van der Waals surface area contributed by atoms with E-state index in [1.54, 1.807) is 31.2 Å². The molecule has 1 amide bonds. The number of carbonyl (C=O) groups is 1. The zero-order valence-electron chi connectivity index (χ0n) is 18.1. The van der Waals surface area contributed by atoms with Crippen LogP contribution < -0.4 is 10.3 Å². The van der Waals surface area contributed by atoms with E-state index in [9.17, 15) is 9.59 Å². The molecule has 2 aromatic carbocycles. The van der Waals surface area contributed by atoms with Crippen LogP contribution in [-0.4, -0.2) is 11.1 Å². The molecule has 0 unspecified atom stereocenters. The van der Waals surface area contributed by atoms with Gasteiger partial charge in [-0.1, -0.05) is 61.8 Å². The number of benzene rings is 2. The lowest BCUT2D eigenvalue weighted by Gasteiger charge is -2.24. The van der Waals surface area contributed by atoms with E-state index in [2.05, 4.69) is 25.9 Å². The van der Waals surface area contributed by atoms with Crippen molar-refractivity contribution in [3.63, 3.8) is 0 Å². The van der Waals surface area contributed by atoms with Crippen molar-refractivity contribution in [2.45, 2.75) is 39.2 Å². The highest BCUT2D eigenvalue weighted by Gasteiger charge is 2.45. The maximum Gasteiger partial charge on any atom is 0.296 e. The molecule has 0 N–H and O–H groups in total. The van der Waals surface area contributed by atoms with Gasteiger partial charge in [0.05, 0.1) is 17.0 Å². The molecule has 3 heterocycles. The van der Waals surface area contributed by atoms with E-state index >= 15 is 0 Å². The van der Waals surface area contributed by atoms with Gasteiger partial charge in [-0.15, -0.1) is 0 Å². The Morgan fingerprint density at radius 3 is 2.38 bits per heavy atom. The zero-order chi connectivity index (χ0) is 22.8. The van der Waals surface area contributed by atoms with Crippen LogP contribution in [0.25, 0.3) is 11.0 Å². The van der Waals surface area contributed by atoms with Crippen LogP contribution in [0.4, 0.5) is 5.82 Å². The molecule has 0 bridgehead atoms. The molecule has 5 rings (SSSR count). The maximum absolute atomic E-state index is 13.6. The number of fused-ring (bicyclic) bond motifs is 2. The molecule has 32 heavy (non-hydrogen) atoms. The summed E-state index contributed by atoms with van der Waals surface area (Å²) in [6, 6.07) is 13.7. The Labute approximate surface area is 189 Å². The van der Waals surface area contributed by atoms with Crippen LogP contribution in [0.3, 0.4) is 0 Å². The molecule has 162 valence electrons. The fourth-order valence-corrected chi connectivity index (χ4v) is 4.30. The van der Waals surface area contributed by atoms with Crippen molar-refractivity contribution >= 4 is 34.3 Å². The molecule has 0 saturated heterocycles. The number of hydrogen-bond donors (Lipinski definition) is 0. The summed E-state index contributed by atoms with van der Waals surface area (Å²) in [5, 5.41) is 4.79. The number of anilines is 1. The number of hydrogen-bond acceptors (Lipinski definition) is 5. The molecular weight excluding hydrogens is 428 g/mol. The van der Waals surface area contributed by atoms with Crippen molar-refractivity contribution in [1.29, 1.82) is 0 Å². The Morgan fingerprint density at radius 2 is 1.75 bits per heavy atom. The van der Waals surface area contributed by atoms with Gasteiger partial charge >= 0.3 is 0 Å². The number of nitrogens with zero attached hydrogens (tertiary/aromatic N) is 2. The zero-order valence-corrected chi connectivity index (χ0v) is 18.9. The molecular formula is C25H21ClN2O4. The van der Waals surface area contributed by atoms with Crippen LogP contribution in [0, 0.1) is 6.92 Å². The first-order chi connectivity index (χ1) is 15.1. The van der Waals surface area contributed by atoms with Gasteiger partial charge in [-0.05, 0) is 41.7 Å². The third-order valence-corrected chi connectivity index (χ3v) is 6.02. The molecule has 1 aliphatic rings. The normalized spacial score (nSPS) is 16.1. The number of halogens is 1. The quantitative estimate of drug-likeness (QED) is 0.388. The monoisotopic (exact) mass is 448 g/mol. The molecule has 0 fully saturated rings. The molecule has 2 aromatic heterocycles. The minimum atomic E-state index is -0.698. The van der Waals surface area contributed by atoms with Crippen molar-refractivity contribution < 1.29 is 13.7 Å². The van der Waals surface area contributed by atoms with Crippen molar-refractivity contribution in [1.82, 2.24) is 5.16 Å². The first-order valence-electron chi connectivity index (χ1n) is 10.3. The van der Waals surface area contributed by atoms with Crippen LogP contribution >= 0.6 is 11.6 Å². The SMILES string of the molecule is Cc1cc(N2C(=O)c3oc4ccc(Cl)cc4c(=O)c3[C@H]2c2ccc(C(C)(C)C)cc2)no1. The Kier molecular flexibility index (Phi) is 4.53. The number of amides is 1. The summed E-state index contributed by atoms with van der Waals surface area (Å²) in [6.45, 7) is 8.14. The molecule has 6 nitrogen and oxygen atoms in total. The average Bonchev–Trinajstić information content (AvgIpc) is 3.29. The van der Waals surface area contributed by atoms with Gasteiger partial charge in [0.25, 0.3) is 5.91 Å². The third-order valence-electron chi connectivity index (χ3n) is 5.79. The number of rotatable bonds is 2. The highest BCUT2D eigenvalue weighted by molar-refractivity contribution is 6.31. The Bertz CT molecular complexity index is 1430. The number of aryl methyl sites for hydroxylation is 1. The minimum absolute atomic E-state index is 0.00961. The van der Waals surface area contributed by atoms with Crippen molar-refractivity contribution in [2.75, 3.05) is 4.90 Å². The summed E-state index contributed by atoms with van der Waals surface area (Å²) >= 11 is 6.13. The third kappa shape index (κ3) is 3.14. The Balaban J connectivity index is 1.77. The van der Waals surface area contributed by atoms with Crippen LogP contribution in [0.1, 0.15) is 59.8 Å². The fraction of sp³-hybridized carbons (Fsp3) is 0.240. The summed E-state index contributed by atoms with van der Waals surface area (Å²) in [5.74, 6) is 0.453.